The molecular formula is C23H35N3O3. The van der Waals surface area contributed by atoms with Crippen LogP contribution < -0.4 is 10.1 Å². The van der Waals surface area contributed by atoms with Crippen LogP contribution in [0.1, 0.15) is 51.4 Å². The molecule has 29 heavy (non-hydrogen) atoms. The van der Waals surface area contributed by atoms with E-state index in [1.807, 2.05) is 29.2 Å². The van der Waals surface area contributed by atoms with Crippen LogP contribution in [-0.4, -0.2) is 71.8 Å². The van der Waals surface area contributed by atoms with Gasteiger partial charge >= 0.3 is 0 Å². The molecule has 6 heteroatoms. The van der Waals surface area contributed by atoms with Gasteiger partial charge in [0.25, 0.3) is 0 Å². The number of β-amino-alcohol motifs (C(OH)–C–C–N with tert-alkyl or cyclic N) is 1. The Kier molecular flexibility index (Phi) is 6.30. The molecule has 2 saturated heterocycles. The van der Waals surface area contributed by atoms with Gasteiger partial charge in [-0.3, -0.25) is 9.69 Å². The van der Waals surface area contributed by atoms with E-state index in [4.69, 9.17) is 4.74 Å². The lowest BCUT2D eigenvalue weighted by Gasteiger charge is -2.40. The number of anilines is 1. The lowest BCUT2D eigenvalue weighted by atomic mass is 9.80. The van der Waals surface area contributed by atoms with Crippen LogP contribution in [0, 0.1) is 0 Å². The first-order valence-corrected chi connectivity index (χ1v) is 11.2. The number of carbonyl (C=O) groups is 1. The lowest BCUT2D eigenvalue weighted by Crippen LogP contribution is -2.55. The largest absolute Gasteiger partial charge is 0.497 e. The molecule has 1 aromatic rings. The number of nitrogens with zero attached hydrogens (tertiary/aromatic N) is 2. The van der Waals surface area contributed by atoms with Crippen LogP contribution >= 0.6 is 0 Å². The molecule has 4 rings (SSSR count). The fourth-order valence-electron chi connectivity index (χ4n) is 5.35. The molecule has 3 fully saturated rings. The number of rotatable bonds is 5. The van der Waals surface area contributed by atoms with Crippen LogP contribution in [-0.2, 0) is 4.79 Å². The highest BCUT2D eigenvalue weighted by atomic mass is 16.5. The standard InChI is InChI=1S/C23H35N3O3/c1-29-19-10-8-18(9-11-19)24-23(12-4-2-5-13-23)22(28)26-16-20(21(27)17-26)25-14-6-3-7-15-25/h8-11,20-21,24,27H,2-7,12-17H2,1H3/t20-,21-/m0/s1. The van der Waals surface area contributed by atoms with Gasteiger partial charge in [-0.25, -0.2) is 0 Å². The summed E-state index contributed by atoms with van der Waals surface area (Å²) in [6.45, 7) is 3.18. The number of benzene rings is 1. The van der Waals surface area contributed by atoms with Crippen LogP contribution in [0.15, 0.2) is 24.3 Å². The third-order valence-corrected chi connectivity index (χ3v) is 7.00. The summed E-state index contributed by atoms with van der Waals surface area (Å²) >= 11 is 0. The van der Waals surface area contributed by atoms with Crippen molar-refractivity contribution < 1.29 is 14.6 Å². The number of methoxy groups -OCH3 is 1. The number of likely N-dealkylation sites (tertiary alicyclic amines) is 2. The second-order valence-electron chi connectivity index (χ2n) is 8.94. The Bertz CT molecular complexity index is 681. The van der Waals surface area contributed by atoms with Gasteiger partial charge in [0, 0.05) is 18.8 Å². The third-order valence-electron chi connectivity index (χ3n) is 7.00. The highest BCUT2D eigenvalue weighted by Gasteiger charge is 2.46. The number of ether oxygens (including phenoxy) is 1. The number of nitrogens with one attached hydrogen (secondary N) is 1. The molecule has 2 N–H and O–H groups in total. The zero-order chi connectivity index (χ0) is 20.3. The maximum absolute atomic E-state index is 13.7. The number of carbonyl (C=O) groups excluding carboxylic acids is 1. The Balaban J connectivity index is 1.49. The van der Waals surface area contributed by atoms with Gasteiger partial charge in [0.15, 0.2) is 0 Å². The van der Waals surface area contributed by atoms with Gasteiger partial charge < -0.3 is 20.1 Å². The Morgan fingerprint density at radius 3 is 2.34 bits per heavy atom. The van der Waals surface area contributed by atoms with Crippen LogP contribution in [0.3, 0.4) is 0 Å². The van der Waals surface area contributed by atoms with E-state index in [1.165, 1.54) is 25.7 Å². The van der Waals surface area contributed by atoms with Crippen LogP contribution in [0.25, 0.3) is 0 Å². The highest BCUT2D eigenvalue weighted by molar-refractivity contribution is 5.90. The molecule has 0 bridgehead atoms. The van der Waals surface area contributed by atoms with Crippen molar-refractivity contribution in [2.45, 2.75) is 69.1 Å². The molecule has 0 unspecified atom stereocenters. The SMILES string of the molecule is COc1ccc(NC2(C(=O)N3C[C@H](O)[C@@H](N4CCCCC4)C3)CCCCC2)cc1. The summed E-state index contributed by atoms with van der Waals surface area (Å²) < 4.78 is 5.26. The first-order valence-electron chi connectivity index (χ1n) is 11.2. The Labute approximate surface area is 174 Å². The maximum atomic E-state index is 13.7. The van der Waals surface area contributed by atoms with Gasteiger partial charge in [0.1, 0.15) is 11.3 Å². The summed E-state index contributed by atoms with van der Waals surface area (Å²) in [5, 5.41) is 14.3. The van der Waals surface area contributed by atoms with Crippen LogP contribution in [0.5, 0.6) is 5.75 Å². The quantitative estimate of drug-likeness (QED) is 0.794. The van der Waals surface area contributed by atoms with Crippen molar-refractivity contribution in [3.8, 4) is 5.75 Å². The first kappa shape index (κ1) is 20.5. The summed E-state index contributed by atoms with van der Waals surface area (Å²) in [7, 11) is 1.66. The zero-order valence-electron chi connectivity index (χ0n) is 17.6. The molecule has 1 aromatic carbocycles. The Morgan fingerprint density at radius 2 is 1.69 bits per heavy atom. The van der Waals surface area contributed by atoms with E-state index >= 15 is 0 Å². The van der Waals surface area contributed by atoms with E-state index < -0.39 is 11.6 Å². The van der Waals surface area contributed by atoms with E-state index in [1.54, 1.807) is 7.11 Å². The number of amides is 1. The molecule has 1 aliphatic carbocycles. The number of piperidine rings is 1. The van der Waals surface area contributed by atoms with Crippen LogP contribution in [0.4, 0.5) is 5.69 Å². The van der Waals surface area contributed by atoms with E-state index in [9.17, 15) is 9.90 Å². The van der Waals surface area contributed by atoms with E-state index in [-0.39, 0.29) is 11.9 Å². The number of aliphatic hydroxyl groups is 1. The average molecular weight is 402 g/mol. The summed E-state index contributed by atoms with van der Waals surface area (Å²) in [5.74, 6) is 0.971. The average Bonchev–Trinajstić information content (AvgIpc) is 3.16. The third kappa shape index (κ3) is 4.38. The topological polar surface area (TPSA) is 65.0 Å². The van der Waals surface area contributed by atoms with Crippen molar-refractivity contribution in [1.82, 2.24) is 9.80 Å². The molecule has 2 heterocycles. The molecule has 6 nitrogen and oxygen atoms in total. The van der Waals surface area contributed by atoms with Crippen LogP contribution in [0.2, 0.25) is 0 Å². The molecule has 160 valence electrons. The predicted octanol–water partition coefficient (Wildman–Crippen LogP) is 2.87. The molecular weight excluding hydrogens is 366 g/mol. The smallest absolute Gasteiger partial charge is 0.248 e. The van der Waals surface area contributed by atoms with Crippen molar-refractivity contribution in [1.29, 1.82) is 0 Å². The summed E-state index contributed by atoms with van der Waals surface area (Å²) in [4.78, 5) is 18.0. The van der Waals surface area contributed by atoms with Crippen molar-refractivity contribution in [2.75, 3.05) is 38.6 Å². The molecule has 0 radical (unpaired) electrons. The second-order valence-corrected chi connectivity index (χ2v) is 8.94. The van der Waals surface area contributed by atoms with Crippen molar-refractivity contribution in [3.05, 3.63) is 24.3 Å². The van der Waals surface area contributed by atoms with Gasteiger partial charge in [-0.1, -0.05) is 25.7 Å². The summed E-state index contributed by atoms with van der Waals surface area (Å²) in [6, 6.07) is 7.90. The van der Waals surface area contributed by atoms with Gasteiger partial charge in [0.2, 0.25) is 5.91 Å². The summed E-state index contributed by atoms with van der Waals surface area (Å²) in [5.41, 5.74) is 0.386. The van der Waals surface area contributed by atoms with Crippen molar-refractivity contribution in [2.24, 2.45) is 0 Å². The van der Waals surface area contributed by atoms with E-state index in [2.05, 4.69) is 10.2 Å². The molecule has 1 amide bonds. The number of hydrogen-bond acceptors (Lipinski definition) is 5. The number of hydrogen-bond donors (Lipinski definition) is 2. The van der Waals surface area contributed by atoms with Gasteiger partial charge in [-0.2, -0.15) is 0 Å². The molecule has 0 spiro atoms. The molecule has 3 aliphatic rings. The molecule has 0 aromatic heterocycles. The highest BCUT2D eigenvalue weighted by Crippen LogP contribution is 2.35. The van der Waals surface area contributed by atoms with Crippen molar-refractivity contribution >= 4 is 11.6 Å². The number of aliphatic hydroxyl groups excluding tert-OH is 1. The Morgan fingerprint density at radius 1 is 1.03 bits per heavy atom. The minimum atomic E-state index is -0.566. The second kappa shape index (κ2) is 8.92. The van der Waals surface area contributed by atoms with Gasteiger partial charge in [-0.15, -0.1) is 0 Å². The molecule has 2 atom stereocenters. The monoisotopic (exact) mass is 401 g/mol. The fraction of sp³-hybridized carbons (Fsp3) is 0.696. The minimum Gasteiger partial charge on any atom is -0.497 e. The van der Waals surface area contributed by atoms with E-state index in [0.29, 0.717) is 13.1 Å². The minimum absolute atomic E-state index is 0.0841. The maximum Gasteiger partial charge on any atom is 0.248 e. The summed E-state index contributed by atoms with van der Waals surface area (Å²) in [6.07, 6.45) is 8.20. The normalized spacial score (nSPS) is 27.6. The Hall–Kier alpha value is -1.79. The first-order chi connectivity index (χ1) is 14.1. The fourth-order valence-corrected chi connectivity index (χ4v) is 5.35. The molecule has 2 aliphatic heterocycles. The zero-order valence-corrected chi connectivity index (χ0v) is 17.6. The lowest BCUT2D eigenvalue weighted by molar-refractivity contribution is -0.136. The van der Waals surface area contributed by atoms with E-state index in [0.717, 1.165) is 50.2 Å². The predicted molar refractivity (Wildman–Crippen MR) is 114 cm³/mol. The van der Waals surface area contributed by atoms with Gasteiger partial charge in [-0.05, 0) is 63.0 Å². The van der Waals surface area contributed by atoms with Gasteiger partial charge in [0.05, 0.1) is 19.3 Å². The van der Waals surface area contributed by atoms with Crippen molar-refractivity contribution in [3.63, 3.8) is 0 Å². The molecule has 1 saturated carbocycles.